The fourth-order valence-electron chi connectivity index (χ4n) is 15.3. The molecule has 0 fully saturated rings. The first-order chi connectivity index (χ1) is 59.7. The molecule has 0 aliphatic carbocycles. The van der Waals surface area contributed by atoms with E-state index in [2.05, 4.69) is 39.7 Å². The van der Waals surface area contributed by atoms with Crippen LogP contribution >= 0.6 is 69.6 Å². The molecule has 0 spiro atoms. The second-order valence-corrected chi connectivity index (χ2v) is 39.6. The maximum absolute atomic E-state index is 13.4. The topological polar surface area (TPSA) is 298 Å². The first kappa shape index (κ1) is 103. The lowest BCUT2D eigenvalue weighted by molar-refractivity contribution is -0.120. The number of hydrogen-bond donors (Lipinski definition) is 4. The van der Waals surface area contributed by atoms with Crippen molar-refractivity contribution >= 4 is 117 Å². The minimum Gasteiger partial charge on any atom is -0.379 e. The Labute approximate surface area is 763 Å². The second-order valence-electron chi connectivity index (χ2n) is 31.4. The summed E-state index contributed by atoms with van der Waals surface area (Å²) in [6.07, 6.45) is 7.02. The molecular formula is C89H122Cl6N8O18S3. The van der Waals surface area contributed by atoms with E-state index in [1.165, 1.54) is 0 Å². The van der Waals surface area contributed by atoms with Gasteiger partial charge in [-0.2, -0.15) is 0 Å². The second kappa shape index (κ2) is 54.5. The summed E-state index contributed by atoms with van der Waals surface area (Å²) in [6.45, 7) is 12.7. The van der Waals surface area contributed by atoms with E-state index in [4.69, 9.17) is 112 Å². The molecule has 35 heteroatoms. The number of unbranched alkanes of at least 4 members (excludes halogenated alkanes) is 2. The number of sulfone groups is 1. The van der Waals surface area contributed by atoms with Crippen molar-refractivity contribution in [2.24, 2.45) is 0 Å². The fourth-order valence-corrected chi connectivity index (χ4v) is 20.5. The van der Waals surface area contributed by atoms with Gasteiger partial charge in [0.05, 0.1) is 120 Å². The lowest BCUT2D eigenvalue weighted by atomic mass is 9.85. The van der Waals surface area contributed by atoms with Crippen LogP contribution in [0.2, 0.25) is 30.1 Å². The van der Waals surface area contributed by atoms with Gasteiger partial charge >= 0.3 is 6.03 Å². The molecule has 26 nitrogen and oxygen atoms in total. The van der Waals surface area contributed by atoms with Crippen molar-refractivity contribution in [1.82, 2.24) is 39.7 Å². The summed E-state index contributed by atoms with van der Waals surface area (Å²) in [5, 5.41) is 9.14. The number of ketones is 2. The first-order valence-corrected chi connectivity index (χ1v) is 49.6. The standard InChI is InChI=1S/C89H122Cl6N8O18S3/c1-100-60-80(77-54-69(90)57-86(93)83(77)63-100)66-15-8-22-74(51-66)122(107,108)50-14-34-115-40-46-119-44-38-113-32-11-20-72(104)18-4-6-29-103(30-7-5-19-73(105)21-12-33-114-39-45-120-48-42-117-36-27-98-123(109,110)75-23-9-16-67(52-75)81-61-101(2)64-84-78(81)55-70(91)58-87(84)94)31-13-25-96-89(106)97-26-35-116-41-47-121-49-43-118-37-28-99-124(111,112)76-24-10-17-68(53-76)82-62-102(3)65-85-79(82)56-71(92)59-88(85)95/h8-10,15-17,22-24,51-59,80-82,98-99H,4-7,11-14,18-21,25-50,60-65H2,1-3H3,(H2,96,97,106)/t80-,81-,82-/m0/s1. The highest BCUT2D eigenvalue weighted by molar-refractivity contribution is 7.91. The van der Waals surface area contributed by atoms with Gasteiger partial charge in [0, 0.05) is 159 Å². The number of carbonyl (C=O) groups is 3. The van der Waals surface area contributed by atoms with Crippen LogP contribution in [-0.4, -0.2) is 274 Å². The Morgan fingerprint density at radius 1 is 0.363 bits per heavy atom. The fraction of sp³-hybridized carbons (Fsp3) is 0.562. The van der Waals surface area contributed by atoms with Crippen LogP contribution in [0.5, 0.6) is 0 Å². The zero-order chi connectivity index (χ0) is 88.7. The molecule has 0 radical (unpaired) electrons. The van der Waals surface area contributed by atoms with Gasteiger partial charge in [-0.05, 0) is 215 Å². The number of amides is 2. The number of urea groups is 1. The highest BCUT2D eigenvalue weighted by Crippen LogP contribution is 2.42. The number of rotatable bonds is 61. The molecule has 0 saturated carbocycles. The molecule has 3 aliphatic heterocycles. The highest BCUT2D eigenvalue weighted by Gasteiger charge is 2.32. The van der Waals surface area contributed by atoms with Crippen LogP contribution in [0.3, 0.4) is 0 Å². The normalized spacial score (nSPS) is 15.9. The van der Waals surface area contributed by atoms with Gasteiger partial charge < -0.3 is 72.9 Å². The molecule has 686 valence electrons. The molecule has 3 heterocycles. The van der Waals surface area contributed by atoms with Gasteiger partial charge in [0.1, 0.15) is 11.6 Å². The number of benzene rings is 6. The van der Waals surface area contributed by atoms with E-state index >= 15 is 0 Å². The zero-order valence-electron chi connectivity index (χ0n) is 71.4. The van der Waals surface area contributed by atoms with E-state index in [1.54, 1.807) is 72.8 Å². The van der Waals surface area contributed by atoms with E-state index in [-0.39, 0.29) is 115 Å². The van der Waals surface area contributed by atoms with Gasteiger partial charge in [-0.15, -0.1) is 0 Å². The Kier molecular flexibility index (Phi) is 45.2. The Morgan fingerprint density at radius 3 is 1.06 bits per heavy atom. The van der Waals surface area contributed by atoms with Crippen LogP contribution < -0.4 is 20.1 Å². The molecule has 3 aliphatic rings. The molecule has 0 unspecified atom stereocenters. The Balaban J connectivity index is 0.584. The smallest absolute Gasteiger partial charge is 0.314 e. The molecule has 3 atom stereocenters. The number of carbonyl (C=O) groups excluding carboxylic acids is 3. The van der Waals surface area contributed by atoms with Crippen molar-refractivity contribution in [3.05, 3.63) is 189 Å². The molecule has 2 amide bonds. The van der Waals surface area contributed by atoms with E-state index in [9.17, 15) is 39.6 Å². The Hall–Kier alpha value is -5.08. The molecular weight excluding hydrogens is 1780 g/mol. The van der Waals surface area contributed by atoms with Gasteiger partial charge in [0.15, 0.2) is 9.84 Å². The monoisotopic (exact) mass is 1900 g/mol. The number of sulfonamides is 2. The van der Waals surface area contributed by atoms with E-state index in [0.29, 0.717) is 213 Å². The number of ether oxygens (including phenoxy) is 9. The van der Waals surface area contributed by atoms with Crippen molar-refractivity contribution in [2.75, 3.05) is 211 Å². The average Bonchev–Trinajstić information content (AvgIpc) is 0.781. The van der Waals surface area contributed by atoms with Gasteiger partial charge in [0.2, 0.25) is 20.0 Å². The maximum atomic E-state index is 13.4. The Bertz CT molecular complexity index is 4250. The van der Waals surface area contributed by atoms with Crippen LogP contribution in [0.4, 0.5) is 4.79 Å². The third-order valence-electron chi connectivity index (χ3n) is 21.6. The van der Waals surface area contributed by atoms with Crippen LogP contribution in [-0.2, 0) is 102 Å². The van der Waals surface area contributed by atoms with Crippen molar-refractivity contribution in [2.45, 2.75) is 129 Å². The van der Waals surface area contributed by atoms with Crippen LogP contribution in [0.1, 0.15) is 145 Å². The highest BCUT2D eigenvalue weighted by atomic mass is 35.5. The molecule has 0 aromatic heterocycles. The SMILES string of the molecule is CN1Cc2c(Cl)cc(Cl)cc2[C@H](c2cccc(S(=O)(=O)CCCOCCOCCOCCCC(=O)CCCCN(CCCCC(=O)CCCOCCOCCOCCNS(=O)(=O)c3cccc([C@@H]4CN(C)Cc5c(Cl)cc(Cl)cc54)c3)CCCNC(=O)NCCOCCOCCOCCNS(=O)(=O)c3cccc([C@@H]4CN(C)Cc5c(Cl)cc(Cl)cc54)c3)c2)C1. The quantitative estimate of drug-likeness (QED) is 0.0258. The van der Waals surface area contributed by atoms with Crippen molar-refractivity contribution in [3.63, 3.8) is 0 Å². The number of likely N-dealkylation sites (N-methyl/N-ethyl adjacent to an activating group) is 3. The van der Waals surface area contributed by atoms with Crippen LogP contribution in [0.25, 0.3) is 0 Å². The number of nitrogens with zero attached hydrogens (tertiary/aromatic N) is 4. The zero-order valence-corrected chi connectivity index (χ0v) is 78.4. The summed E-state index contributed by atoms with van der Waals surface area (Å²) in [7, 11) is -5.18. The average molecular weight is 1900 g/mol. The molecule has 124 heavy (non-hydrogen) atoms. The molecule has 6 aromatic carbocycles. The summed E-state index contributed by atoms with van der Waals surface area (Å²) in [6, 6.07) is 31.6. The molecule has 6 aromatic rings. The predicted octanol–water partition coefficient (Wildman–Crippen LogP) is 13.6. The largest absolute Gasteiger partial charge is 0.379 e. The van der Waals surface area contributed by atoms with E-state index < -0.39 is 29.9 Å². The number of fused-ring (bicyclic) bond motifs is 3. The van der Waals surface area contributed by atoms with Crippen LogP contribution in [0, 0.1) is 0 Å². The van der Waals surface area contributed by atoms with Crippen molar-refractivity contribution in [1.29, 1.82) is 0 Å². The van der Waals surface area contributed by atoms with Crippen molar-refractivity contribution in [3.8, 4) is 0 Å². The lowest BCUT2D eigenvalue weighted by Gasteiger charge is -2.33. The number of halogens is 6. The summed E-state index contributed by atoms with van der Waals surface area (Å²) < 4.78 is 136. The van der Waals surface area contributed by atoms with Gasteiger partial charge in [-0.1, -0.05) is 106 Å². The van der Waals surface area contributed by atoms with Gasteiger partial charge in [-0.3, -0.25) is 9.59 Å². The van der Waals surface area contributed by atoms with Crippen molar-refractivity contribution < 1.29 is 82.3 Å². The summed E-state index contributed by atoms with van der Waals surface area (Å²) in [5.41, 5.74) is 8.55. The van der Waals surface area contributed by atoms with Gasteiger partial charge in [0.25, 0.3) is 0 Å². The molecule has 9 rings (SSSR count). The molecule has 0 saturated heterocycles. The number of Topliss-reactive ketones (excluding diaryl/α,β-unsaturated/α-hetero) is 2. The van der Waals surface area contributed by atoms with Gasteiger partial charge in [-0.25, -0.2) is 39.5 Å². The maximum Gasteiger partial charge on any atom is 0.314 e. The number of hydrogen-bond acceptors (Lipinski definition) is 22. The summed E-state index contributed by atoms with van der Waals surface area (Å²) >= 11 is 38.9. The predicted molar refractivity (Wildman–Crippen MR) is 486 cm³/mol. The molecule has 4 N–H and O–H groups in total. The number of nitrogens with one attached hydrogen (secondary N) is 4. The minimum atomic E-state index is -3.82. The third-order valence-corrected chi connectivity index (χ3v) is 27.9. The van der Waals surface area contributed by atoms with E-state index in [1.807, 2.05) is 57.5 Å². The van der Waals surface area contributed by atoms with Crippen LogP contribution in [0.15, 0.2) is 124 Å². The summed E-state index contributed by atoms with van der Waals surface area (Å²) in [4.78, 5) is 47.9. The summed E-state index contributed by atoms with van der Waals surface area (Å²) in [5.74, 6) is -0.00164. The Morgan fingerprint density at radius 2 is 0.677 bits per heavy atom. The third kappa shape index (κ3) is 35.3. The minimum absolute atomic E-state index is 0.0547. The molecule has 0 bridgehead atoms. The first-order valence-electron chi connectivity index (χ1n) is 42.7. The lowest BCUT2D eigenvalue weighted by Crippen LogP contribution is -2.39. The van der Waals surface area contributed by atoms with E-state index in [0.717, 1.165) is 88.8 Å².